The first-order valence-corrected chi connectivity index (χ1v) is 6.79. The predicted octanol–water partition coefficient (Wildman–Crippen LogP) is 4.19. The summed E-state index contributed by atoms with van der Waals surface area (Å²) in [7, 11) is 0. The Bertz CT molecular complexity index is 414. The average molecular weight is 272 g/mol. The fourth-order valence-electron chi connectivity index (χ4n) is 2.83. The molecular formula is C15H19F3O. The van der Waals surface area contributed by atoms with Gasteiger partial charge in [-0.25, -0.2) is 0 Å². The quantitative estimate of drug-likeness (QED) is 0.800. The highest BCUT2D eigenvalue weighted by Gasteiger charge is 2.30. The number of hydrogen-bond donors (Lipinski definition) is 1. The minimum atomic E-state index is -4.28. The molecule has 0 amide bonds. The third-order valence-electron chi connectivity index (χ3n) is 3.78. The summed E-state index contributed by atoms with van der Waals surface area (Å²) in [5.74, 6) is 0.293. The average Bonchev–Trinajstić information content (AvgIpc) is 2.53. The molecule has 19 heavy (non-hydrogen) atoms. The molecular weight excluding hydrogens is 253 g/mol. The summed E-state index contributed by atoms with van der Waals surface area (Å²) in [6.07, 6.45) is 0.641. The van der Waals surface area contributed by atoms with Gasteiger partial charge in [0.15, 0.2) is 0 Å². The minimum Gasteiger partial charge on any atom is -0.393 e. The molecule has 1 aliphatic rings. The summed E-state index contributed by atoms with van der Waals surface area (Å²) in [5, 5.41) is 9.74. The summed E-state index contributed by atoms with van der Waals surface area (Å²) in [6, 6.07) is 5.54. The van der Waals surface area contributed by atoms with Gasteiger partial charge in [0.2, 0.25) is 0 Å². The molecule has 2 rings (SSSR count). The first-order valence-electron chi connectivity index (χ1n) is 6.79. The second-order valence-corrected chi connectivity index (χ2v) is 5.44. The summed E-state index contributed by atoms with van der Waals surface area (Å²) in [6.45, 7) is 0. The lowest BCUT2D eigenvalue weighted by Crippen LogP contribution is -2.13. The fraction of sp³-hybridized carbons (Fsp3) is 0.600. The van der Waals surface area contributed by atoms with Gasteiger partial charge in [0, 0.05) is 0 Å². The largest absolute Gasteiger partial charge is 0.416 e. The smallest absolute Gasteiger partial charge is 0.393 e. The Labute approximate surface area is 111 Å². The van der Waals surface area contributed by atoms with Crippen molar-refractivity contribution in [2.75, 3.05) is 0 Å². The Balaban J connectivity index is 2.06. The highest BCUT2D eigenvalue weighted by molar-refractivity contribution is 5.26. The second-order valence-electron chi connectivity index (χ2n) is 5.44. The SMILES string of the molecule is OC1CCCCC(Cc2cccc(C(F)(F)F)c2)C1. The van der Waals surface area contributed by atoms with E-state index < -0.39 is 11.7 Å². The van der Waals surface area contributed by atoms with Crippen molar-refractivity contribution in [3.05, 3.63) is 35.4 Å². The van der Waals surface area contributed by atoms with Crippen molar-refractivity contribution >= 4 is 0 Å². The highest BCUT2D eigenvalue weighted by Crippen LogP contribution is 2.31. The van der Waals surface area contributed by atoms with Gasteiger partial charge in [-0.1, -0.05) is 37.5 Å². The Morgan fingerprint density at radius 3 is 2.63 bits per heavy atom. The lowest BCUT2D eigenvalue weighted by molar-refractivity contribution is -0.137. The van der Waals surface area contributed by atoms with E-state index in [0.29, 0.717) is 24.3 Å². The van der Waals surface area contributed by atoms with Crippen molar-refractivity contribution in [1.82, 2.24) is 0 Å². The van der Waals surface area contributed by atoms with Gasteiger partial charge in [-0.3, -0.25) is 0 Å². The number of halogens is 3. The monoisotopic (exact) mass is 272 g/mol. The van der Waals surface area contributed by atoms with Gasteiger partial charge in [0.1, 0.15) is 0 Å². The zero-order valence-electron chi connectivity index (χ0n) is 10.8. The summed E-state index contributed by atoms with van der Waals surface area (Å²) < 4.78 is 37.9. The maximum Gasteiger partial charge on any atom is 0.416 e. The molecule has 1 N–H and O–H groups in total. The summed E-state index contributed by atoms with van der Waals surface area (Å²) in [5.41, 5.74) is 0.132. The Hall–Kier alpha value is -1.03. The molecule has 0 aromatic heterocycles. The maximum atomic E-state index is 12.6. The molecule has 0 bridgehead atoms. The number of benzene rings is 1. The van der Waals surface area contributed by atoms with E-state index >= 15 is 0 Å². The third kappa shape index (κ3) is 4.23. The maximum absolute atomic E-state index is 12.6. The van der Waals surface area contributed by atoms with Crippen LogP contribution in [0.25, 0.3) is 0 Å². The van der Waals surface area contributed by atoms with Gasteiger partial charge in [0.25, 0.3) is 0 Å². The van der Waals surface area contributed by atoms with E-state index in [2.05, 4.69) is 0 Å². The van der Waals surface area contributed by atoms with Crippen LogP contribution in [-0.4, -0.2) is 11.2 Å². The molecule has 106 valence electrons. The topological polar surface area (TPSA) is 20.2 Å². The third-order valence-corrected chi connectivity index (χ3v) is 3.78. The molecule has 1 aliphatic carbocycles. The number of hydrogen-bond acceptors (Lipinski definition) is 1. The van der Waals surface area contributed by atoms with Crippen LogP contribution in [0.5, 0.6) is 0 Å². The van der Waals surface area contributed by atoms with Crippen molar-refractivity contribution in [3.63, 3.8) is 0 Å². The van der Waals surface area contributed by atoms with Gasteiger partial charge in [-0.15, -0.1) is 0 Å². The number of rotatable bonds is 2. The van der Waals surface area contributed by atoms with Gasteiger partial charge >= 0.3 is 6.18 Å². The van der Waals surface area contributed by atoms with E-state index in [0.717, 1.165) is 31.7 Å². The molecule has 0 radical (unpaired) electrons. The molecule has 0 heterocycles. The minimum absolute atomic E-state index is 0.293. The van der Waals surface area contributed by atoms with E-state index in [9.17, 15) is 18.3 Å². The van der Waals surface area contributed by atoms with Crippen LogP contribution in [0, 0.1) is 5.92 Å². The number of aliphatic hydroxyl groups excluding tert-OH is 1. The highest BCUT2D eigenvalue weighted by atomic mass is 19.4. The molecule has 0 saturated heterocycles. The lowest BCUT2D eigenvalue weighted by Gasteiger charge is -2.17. The van der Waals surface area contributed by atoms with Crippen LogP contribution in [0.2, 0.25) is 0 Å². The molecule has 2 atom stereocenters. The lowest BCUT2D eigenvalue weighted by atomic mass is 9.91. The Morgan fingerprint density at radius 2 is 1.89 bits per heavy atom. The van der Waals surface area contributed by atoms with Crippen LogP contribution >= 0.6 is 0 Å². The van der Waals surface area contributed by atoms with Crippen LogP contribution in [0.3, 0.4) is 0 Å². The second kappa shape index (κ2) is 5.95. The zero-order valence-corrected chi connectivity index (χ0v) is 10.8. The van der Waals surface area contributed by atoms with Crippen molar-refractivity contribution in [2.45, 2.75) is 50.8 Å². The van der Waals surface area contributed by atoms with Gasteiger partial charge in [0.05, 0.1) is 11.7 Å². The molecule has 0 spiro atoms. The molecule has 1 saturated carbocycles. The Morgan fingerprint density at radius 1 is 1.16 bits per heavy atom. The molecule has 1 fully saturated rings. The normalized spacial score (nSPS) is 25.1. The van der Waals surface area contributed by atoms with E-state index in [1.807, 2.05) is 0 Å². The first-order chi connectivity index (χ1) is 8.95. The van der Waals surface area contributed by atoms with Gasteiger partial charge in [-0.05, 0) is 36.8 Å². The van der Waals surface area contributed by atoms with Crippen LogP contribution in [0.1, 0.15) is 43.2 Å². The molecule has 4 heteroatoms. The zero-order chi connectivity index (χ0) is 13.9. The molecule has 2 unspecified atom stereocenters. The Kier molecular flexibility index (Phi) is 4.50. The standard InChI is InChI=1S/C15H19F3O/c16-15(17,18)13-6-3-5-11(9-13)8-12-4-1-2-7-14(19)10-12/h3,5-6,9,12,14,19H,1-2,4,7-8,10H2. The molecule has 1 nitrogen and oxygen atoms in total. The first kappa shape index (κ1) is 14.4. The van der Waals surface area contributed by atoms with Crippen molar-refractivity contribution in [1.29, 1.82) is 0 Å². The number of aliphatic hydroxyl groups is 1. The van der Waals surface area contributed by atoms with E-state index in [1.165, 1.54) is 12.1 Å². The van der Waals surface area contributed by atoms with Crippen molar-refractivity contribution in [2.24, 2.45) is 5.92 Å². The van der Waals surface area contributed by atoms with Crippen LogP contribution < -0.4 is 0 Å². The van der Waals surface area contributed by atoms with Gasteiger partial charge < -0.3 is 5.11 Å². The summed E-state index contributed by atoms with van der Waals surface area (Å²) in [4.78, 5) is 0. The van der Waals surface area contributed by atoms with E-state index in [1.54, 1.807) is 6.07 Å². The van der Waals surface area contributed by atoms with Crippen LogP contribution in [0.15, 0.2) is 24.3 Å². The molecule has 1 aromatic rings. The van der Waals surface area contributed by atoms with E-state index in [-0.39, 0.29) is 6.10 Å². The fourth-order valence-corrected chi connectivity index (χ4v) is 2.83. The number of alkyl halides is 3. The predicted molar refractivity (Wildman–Crippen MR) is 67.7 cm³/mol. The van der Waals surface area contributed by atoms with Gasteiger partial charge in [-0.2, -0.15) is 13.2 Å². The molecule has 1 aromatic carbocycles. The summed E-state index contributed by atoms with van der Waals surface area (Å²) >= 11 is 0. The van der Waals surface area contributed by atoms with Crippen LogP contribution in [0.4, 0.5) is 13.2 Å². The molecule has 0 aliphatic heterocycles. The van der Waals surface area contributed by atoms with Crippen LogP contribution in [-0.2, 0) is 12.6 Å². The van der Waals surface area contributed by atoms with Crippen molar-refractivity contribution in [3.8, 4) is 0 Å². The van der Waals surface area contributed by atoms with E-state index in [4.69, 9.17) is 0 Å². The van der Waals surface area contributed by atoms with Crippen molar-refractivity contribution < 1.29 is 18.3 Å².